The van der Waals surface area contributed by atoms with Crippen LogP contribution in [0.3, 0.4) is 0 Å². The number of piperazine rings is 1. The Kier molecular flexibility index (Phi) is 2.70. The van der Waals surface area contributed by atoms with Gasteiger partial charge in [-0.2, -0.15) is 5.10 Å². The van der Waals surface area contributed by atoms with Crippen LogP contribution in [0.4, 0.5) is 5.69 Å². The zero-order valence-electron chi connectivity index (χ0n) is 11.9. The predicted octanol–water partition coefficient (Wildman–Crippen LogP) is 2.42. The lowest BCUT2D eigenvalue weighted by atomic mass is 10.1. The Morgan fingerprint density at radius 2 is 2.19 bits per heavy atom. The first-order valence-electron chi connectivity index (χ1n) is 7.25. The van der Waals surface area contributed by atoms with Gasteiger partial charge in [0.05, 0.1) is 17.3 Å². The number of amides is 1. The van der Waals surface area contributed by atoms with Crippen molar-refractivity contribution in [3.8, 4) is 0 Å². The average molecular weight is 305 g/mol. The summed E-state index contributed by atoms with van der Waals surface area (Å²) in [6.07, 6.45) is 4.04. The van der Waals surface area contributed by atoms with Crippen LogP contribution in [0.15, 0.2) is 18.3 Å². The Bertz CT molecular complexity index is 722. The maximum absolute atomic E-state index is 11.8. The van der Waals surface area contributed by atoms with Gasteiger partial charge in [-0.15, -0.1) is 0 Å². The maximum atomic E-state index is 11.8. The normalized spacial score (nSPS) is 20.3. The molecule has 1 aromatic carbocycles. The topological polar surface area (TPSA) is 52.2 Å². The fraction of sp³-hybridized carbons (Fsp3) is 0.467. The quantitative estimate of drug-likeness (QED) is 0.880. The number of H-pyrrole nitrogens is 1. The number of anilines is 1. The summed E-state index contributed by atoms with van der Waals surface area (Å²) in [6.45, 7) is 4.17. The van der Waals surface area contributed by atoms with Crippen LogP contribution in [-0.4, -0.2) is 46.2 Å². The van der Waals surface area contributed by atoms with Crippen molar-refractivity contribution in [2.24, 2.45) is 0 Å². The minimum Gasteiger partial charge on any atom is -0.367 e. The van der Waals surface area contributed by atoms with Crippen molar-refractivity contribution in [2.45, 2.75) is 25.3 Å². The number of aromatic nitrogens is 2. The van der Waals surface area contributed by atoms with Crippen molar-refractivity contribution in [3.05, 3.63) is 23.4 Å². The molecule has 1 saturated heterocycles. The highest BCUT2D eigenvalue weighted by atomic mass is 35.5. The molecule has 1 N–H and O–H groups in total. The van der Waals surface area contributed by atoms with Crippen LogP contribution >= 0.6 is 11.6 Å². The minimum absolute atomic E-state index is 0.0441. The van der Waals surface area contributed by atoms with Gasteiger partial charge >= 0.3 is 0 Å². The molecule has 0 unspecified atom stereocenters. The van der Waals surface area contributed by atoms with Gasteiger partial charge in [0.2, 0.25) is 5.91 Å². The molecule has 2 aromatic rings. The molecule has 1 aromatic heterocycles. The summed E-state index contributed by atoms with van der Waals surface area (Å²) in [5, 5.41) is 8.89. The number of nitrogens with one attached hydrogen (secondary N) is 1. The lowest BCUT2D eigenvalue weighted by molar-refractivity contribution is -0.132. The van der Waals surface area contributed by atoms with Crippen molar-refractivity contribution in [2.75, 3.05) is 24.5 Å². The summed E-state index contributed by atoms with van der Waals surface area (Å²) < 4.78 is 0. The fourth-order valence-electron chi connectivity index (χ4n) is 3.51. The molecule has 4 rings (SSSR count). The van der Waals surface area contributed by atoms with Crippen LogP contribution in [0.2, 0.25) is 5.02 Å². The van der Waals surface area contributed by atoms with Crippen molar-refractivity contribution in [1.29, 1.82) is 0 Å². The van der Waals surface area contributed by atoms with Crippen LogP contribution in [0.25, 0.3) is 10.9 Å². The van der Waals surface area contributed by atoms with Crippen molar-refractivity contribution < 1.29 is 4.79 Å². The number of carbonyl (C=O) groups excluding carboxylic acids is 1. The van der Waals surface area contributed by atoms with E-state index in [0.29, 0.717) is 5.02 Å². The second-order valence-electron chi connectivity index (χ2n) is 6.07. The fourth-order valence-corrected chi connectivity index (χ4v) is 3.72. The van der Waals surface area contributed by atoms with E-state index in [1.165, 1.54) is 0 Å². The number of hydrogen-bond acceptors (Lipinski definition) is 3. The molecule has 0 radical (unpaired) electrons. The molecule has 1 amide bonds. The zero-order chi connectivity index (χ0) is 14.6. The molecule has 2 aliphatic rings. The number of aromatic amines is 1. The van der Waals surface area contributed by atoms with Crippen LogP contribution in [-0.2, 0) is 4.79 Å². The Morgan fingerprint density at radius 3 is 2.90 bits per heavy atom. The molecule has 2 heterocycles. The van der Waals surface area contributed by atoms with Gasteiger partial charge in [-0.05, 0) is 25.0 Å². The second kappa shape index (κ2) is 4.37. The van der Waals surface area contributed by atoms with E-state index in [9.17, 15) is 4.79 Å². The largest absolute Gasteiger partial charge is 0.367 e. The van der Waals surface area contributed by atoms with Crippen molar-refractivity contribution in [1.82, 2.24) is 15.1 Å². The van der Waals surface area contributed by atoms with Gasteiger partial charge in [-0.25, -0.2) is 0 Å². The Morgan fingerprint density at radius 1 is 1.38 bits per heavy atom. The summed E-state index contributed by atoms with van der Waals surface area (Å²) in [5.41, 5.74) is 2.11. The highest BCUT2D eigenvalue weighted by molar-refractivity contribution is 6.31. The van der Waals surface area contributed by atoms with E-state index in [4.69, 9.17) is 11.6 Å². The van der Waals surface area contributed by atoms with Gasteiger partial charge < -0.3 is 9.80 Å². The number of rotatable bonds is 1. The van der Waals surface area contributed by atoms with Crippen LogP contribution < -0.4 is 4.90 Å². The molecule has 1 aliphatic heterocycles. The first-order chi connectivity index (χ1) is 10.1. The Labute approximate surface area is 127 Å². The lowest BCUT2D eigenvalue weighted by Crippen LogP contribution is -2.56. The summed E-state index contributed by atoms with van der Waals surface area (Å²) in [5.74, 6) is 0.187. The Balaban J connectivity index is 1.71. The Hall–Kier alpha value is -1.75. The van der Waals surface area contributed by atoms with Crippen LogP contribution in [0.5, 0.6) is 0 Å². The van der Waals surface area contributed by atoms with Crippen molar-refractivity contribution >= 4 is 34.1 Å². The van der Waals surface area contributed by atoms with Gasteiger partial charge in [0.15, 0.2) is 0 Å². The van der Waals surface area contributed by atoms with E-state index in [2.05, 4.69) is 15.1 Å². The molecule has 1 saturated carbocycles. The SMILES string of the molecule is CC(=O)N1CCN(c2cc(Cl)cc3[nH]ncc23)CC12CC2. The molecule has 0 atom stereocenters. The molecule has 0 bridgehead atoms. The smallest absolute Gasteiger partial charge is 0.220 e. The maximum Gasteiger partial charge on any atom is 0.220 e. The number of benzene rings is 1. The van der Waals surface area contributed by atoms with Gasteiger partial charge in [0.25, 0.3) is 0 Å². The number of carbonyl (C=O) groups is 1. The molecule has 5 nitrogen and oxygen atoms in total. The monoisotopic (exact) mass is 304 g/mol. The van der Waals surface area contributed by atoms with E-state index in [-0.39, 0.29) is 11.4 Å². The van der Waals surface area contributed by atoms with Crippen LogP contribution in [0.1, 0.15) is 19.8 Å². The molecular weight excluding hydrogens is 288 g/mol. The third kappa shape index (κ3) is 1.99. The molecule has 2 fully saturated rings. The van der Waals surface area contributed by atoms with E-state index in [0.717, 1.165) is 49.1 Å². The second-order valence-corrected chi connectivity index (χ2v) is 6.51. The number of nitrogens with zero attached hydrogens (tertiary/aromatic N) is 3. The summed E-state index contributed by atoms with van der Waals surface area (Å²) >= 11 is 6.23. The highest BCUT2D eigenvalue weighted by Crippen LogP contribution is 2.46. The summed E-state index contributed by atoms with van der Waals surface area (Å²) in [6, 6.07) is 3.89. The molecule has 21 heavy (non-hydrogen) atoms. The average Bonchev–Trinajstić information content (AvgIpc) is 3.03. The van der Waals surface area contributed by atoms with E-state index in [1.807, 2.05) is 23.2 Å². The first kappa shape index (κ1) is 13.0. The molecule has 1 aliphatic carbocycles. The highest BCUT2D eigenvalue weighted by Gasteiger charge is 2.52. The van der Waals surface area contributed by atoms with E-state index >= 15 is 0 Å². The third-order valence-corrected chi connectivity index (χ3v) is 4.92. The minimum atomic E-state index is 0.0441. The number of hydrogen-bond donors (Lipinski definition) is 1. The third-order valence-electron chi connectivity index (χ3n) is 4.70. The van der Waals surface area contributed by atoms with E-state index in [1.54, 1.807) is 6.92 Å². The first-order valence-corrected chi connectivity index (χ1v) is 7.63. The van der Waals surface area contributed by atoms with Gasteiger partial charge in [-0.1, -0.05) is 11.6 Å². The number of halogens is 1. The van der Waals surface area contributed by atoms with Gasteiger partial charge in [0.1, 0.15) is 0 Å². The molecular formula is C15H17ClN4O. The van der Waals surface area contributed by atoms with Gasteiger partial charge in [0, 0.05) is 42.7 Å². The van der Waals surface area contributed by atoms with Crippen LogP contribution in [0, 0.1) is 0 Å². The predicted molar refractivity (Wildman–Crippen MR) is 82.7 cm³/mol. The van der Waals surface area contributed by atoms with Crippen molar-refractivity contribution in [3.63, 3.8) is 0 Å². The molecule has 6 heteroatoms. The van der Waals surface area contributed by atoms with E-state index < -0.39 is 0 Å². The number of fused-ring (bicyclic) bond motifs is 1. The standard InChI is InChI=1S/C15H17ClN4O/c1-10(21)20-5-4-19(9-15(20)2-3-15)14-7-11(16)6-13-12(14)8-17-18-13/h6-8H,2-5,9H2,1H3,(H,17,18). The zero-order valence-corrected chi connectivity index (χ0v) is 12.7. The lowest BCUT2D eigenvalue weighted by Gasteiger charge is -2.43. The molecule has 110 valence electrons. The summed E-state index contributed by atoms with van der Waals surface area (Å²) in [7, 11) is 0. The molecule has 1 spiro atoms. The van der Waals surface area contributed by atoms with Gasteiger partial charge in [-0.3, -0.25) is 9.89 Å². The summed E-state index contributed by atoms with van der Waals surface area (Å²) in [4.78, 5) is 16.2.